The quantitative estimate of drug-likeness (QED) is 0.869. The number of amides is 1. The SMILES string of the molecule is O=C(O)C1CCCCN1C(=O)CC1CCC(F)(F)CC1. The lowest BCUT2D eigenvalue weighted by molar-refractivity contribution is -0.152. The van der Waals surface area contributed by atoms with Gasteiger partial charge in [0, 0.05) is 25.8 Å². The Bertz CT molecular complexity index is 377. The molecule has 1 atom stereocenters. The van der Waals surface area contributed by atoms with Crippen LogP contribution in [-0.2, 0) is 9.59 Å². The highest BCUT2D eigenvalue weighted by Crippen LogP contribution is 2.37. The van der Waals surface area contributed by atoms with Crippen molar-refractivity contribution in [3.63, 3.8) is 0 Å². The lowest BCUT2D eigenvalue weighted by Crippen LogP contribution is -2.48. The van der Waals surface area contributed by atoms with Crippen molar-refractivity contribution in [2.24, 2.45) is 5.92 Å². The zero-order valence-electron chi connectivity index (χ0n) is 11.5. The van der Waals surface area contributed by atoms with Crippen LogP contribution in [0.25, 0.3) is 0 Å². The summed E-state index contributed by atoms with van der Waals surface area (Å²) < 4.78 is 26.1. The van der Waals surface area contributed by atoms with Gasteiger partial charge in [-0.25, -0.2) is 13.6 Å². The molecule has 1 aliphatic heterocycles. The average molecular weight is 289 g/mol. The van der Waals surface area contributed by atoms with E-state index in [4.69, 9.17) is 5.11 Å². The molecule has 1 aliphatic carbocycles. The molecular weight excluding hydrogens is 268 g/mol. The number of carbonyl (C=O) groups is 2. The molecule has 4 nitrogen and oxygen atoms in total. The van der Waals surface area contributed by atoms with E-state index in [0.717, 1.165) is 12.8 Å². The minimum atomic E-state index is -2.59. The number of nitrogens with zero attached hydrogens (tertiary/aromatic N) is 1. The highest BCUT2D eigenvalue weighted by molar-refractivity contribution is 5.84. The van der Waals surface area contributed by atoms with Crippen LogP contribution in [-0.4, -0.2) is 40.4 Å². The van der Waals surface area contributed by atoms with Crippen LogP contribution in [0, 0.1) is 5.92 Å². The topological polar surface area (TPSA) is 57.6 Å². The molecule has 1 saturated carbocycles. The van der Waals surface area contributed by atoms with Crippen LogP contribution in [0.4, 0.5) is 8.78 Å². The van der Waals surface area contributed by atoms with Crippen LogP contribution in [0.5, 0.6) is 0 Å². The van der Waals surface area contributed by atoms with Gasteiger partial charge in [-0.2, -0.15) is 0 Å². The fraction of sp³-hybridized carbons (Fsp3) is 0.857. The van der Waals surface area contributed by atoms with Crippen LogP contribution < -0.4 is 0 Å². The molecular formula is C14H21F2NO3. The first-order valence-corrected chi connectivity index (χ1v) is 7.29. The zero-order valence-corrected chi connectivity index (χ0v) is 11.5. The van der Waals surface area contributed by atoms with Crippen molar-refractivity contribution >= 4 is 11.9 Å². The number of likely N-dealkylation sites (tertiary alicyclic amines) is 1. The average Bonchev–Trinajstić information content (AvgIpc) is 2.41. The van der Waals surface area contributed by atoms with Gasteiger partial charge < -0.3 is 10.0 Å². The minimum Gasteiger partial charge on any atom is -0.480 e. The van der Waals surface area contributed by atoms with Crippen molar-refractivity contribution in [1.29, 1.82) is 0 Å². The lowest BCUT2D eigenvalue weighted by atomic mass is 9.84. The first kappa shape index (κ1) is 15.2. The molecule has 1 amide bonds. The standard InChI is InChI=1S/C14H21F2NO3/c15-14(16)6-4-10(5-7-14)9-12(18)17-8-2-1-3-11(17)13(19)20/h10-11H,1-9H2,(H,19,20). The Balaban J connectivity index is 1.89. The lowest BCUT2D eigenvalue weighted by Gasteiger charge is -2.35. The van der Waals surface area contributed by atoms with E-state index in [-0.39, 0.29) is 31.1 Å². The molecule has 114 valence electrons. The summed E-state index contributed by atoms with van der Waals surface area (Å²) in [6, 6.07) is -0.735. The molecule has 1 unspecified atom stereocenters. The van der Waals surface area contributed by atoms with E-state index >= 15 is 0 Å². The third kappa shape index (κ3) is 3.67. The third-order valence-electron chi connectivity index (χ3n) is 4.41. The van der Waals surface area contributed by atoms with Gasteiger partial charge in [-0.1, -0.05) is 0 Å². The molecule has 2 fully saturated rings. The van der Waals surface area contributed by atoms with Crippen LogP contribution in [0.15, 0.2) is 0 Å². The Labute approximate surface area is 117 Å². The molecule has 1 heterocycles. The molecule has 0 aromatic heterocycles. The molecule has 1 N–H and O–H groups in total. The van der Waals surface area contributed by atoms with E-state index in [2.05, 4.69) is 0 Å². The van der Waals surface area contributed by atoms with Gasteiger partial charge in [0.2, 0.25) is 11.8 Å². The fourth-order valence-corrected chi connectivity index (χ4v) is 3.16. The molecule has 0 spiro atoms. The number of carboxylic acid groups (broad SMARTS) is 1. The van der Waals surface area contributed by atoms with Gasteiger partial charge in [-0.3, -0.25) is 4.79 Å². The fourth-order valence-electron chi connectivity index (χ4n) is 3.16. The smallest absolute Gasteiger partial charge is 0.326 e. The van der Waals surface area contributed by atoms with Gasteiger partial charge in [-0.15, -0.1) is 0 Å². The maximum absolute atomic E-state index is 13.1. The highest BCUT2D eigenvalue weighted by Gasteiger charge is 2.37. The van der Waals surface area contributed by atoms with E-state index in [1.807, 2.05) is 0 Å². The number of piperidine rings is 1. The second kappa shape index (κ2) is 6.06. The second-order valence-electron chi connectivity index (χ2n) is 5.94. The van der Waals surface area contributed by atoms with E-state index in [1.165, 1.54) is 4.90 Å². The van der Waals surface area contributed by atoms with Gasteiger partial charge in [-0.05, 0) is 38.0 Å². The molecule has 2 rings (SSSR count). The first-order chi connectivity index (χ1) is 9.39. The van der Waals surface area contributed by atoms with Gasteiger partial charge in [0.05, 0.1) is 0 Å². The molecule has 6 heteroatoms. The number of aliphatic carboxylic acids is 1. The van der Waals surface area contributed by atoms with Crippen molar-refractivity contribution in [2.75, 3.05) is 6.54 Å². The number of carboxylic acids is 1. The van der Waals surface area contributed by atoms with Crippen molar-refractivity contribution in [2.45, 2.75) is 63.3 Å². The Morgan fingerprint density at radius 2 is 1.80 bits per heavy atom. The first-order valence-electron chi connectivity index (χ1n) is 7.29. The maximum Gasteiger partial charge on any atom is 0.326 e. The molecule has 0 radical (unpaired) electrons. The minimum absolute atomic E-state index is 0.0292. The third-order valence-corrected chi connectivity index (χ3v) is 4.41. The highest BCUT2D eigenvalue weighted by atomic mass is 19.3. The van der Waals surface area contributed by atoms with Crippen LogP contribution >= 0.6 is 0 Å². The summed E-state index contributed by atoms with van der Waals surface area (Å²) in [4.78, 5) is 24.8. The van der Waals surface area contributed by atoms with Crippen molar-refractivity contribution in [1.82, 2.24) is 4.90 Å². The van der Waals surface area contributed by atoms with Crippen LogP contribution in [0.1, 0.15) is 51.4 Å². The second-order valence-corrected chi connectivity index (χ2v) is 5.94. The predicted molar refractivity (Wildman–Crippen MR) is 68.5 cm³/mol. The van der Waals surface area contributed by atoms with E-state index in [1.54, 1.807) is 0 Å². The summed E-state index contributed by atoms with van der Waals surface area (Å²) in [5.74, 6) is -3.77. The maximum atomic E-state index is 13.1. The zero-order chi connectivity index (χ0) is 14.8. The predicted octanol–water partition coefficient (Wildman–Crippen LogP) is 2.67. The monoisotopic (exact) mass is 289 g/mol. The van der Waals surface area contributed by atoms with Crippen molar-refractivity contribution in [3.8, 4) is 0 Å². The van der Waals surface area contributed by atoms with E-state index < -0.39 is 17.9 Å². The number of carbonyl (C=O) groups excluding carboxylic acids is 1. The Hall–Kier alpha value is -1.20. The number of hydrogen-bond acceptors (Lipinski definition) is 2. The summed E-state index contributed by atoms with van der Waals surface area (Å²) in [6.07, 6.45) is 2.72. The van der Waals surface area contributed by atoms with Crippen molar-refractivity contribution < 1.29 is 23.5 Å². The molecule has 0 bridgehead atoms. The molecule has 0 aromatic carbocycles. The van der Waals surface area contributed by atoms with Crippen LogP contribution in [0.3, 0.4) is 0 Å². The van der Waals surface area contributed by atoms with Gasteiger partial charge in [0.15, 0.2) is 0 Å². The molecule has 0 aromatic rings. The van der Waals surface area contributed by atoms with Gasteiger partial charge >= 0.3 is 5.97 Å². The summed E-state index contributed by atoms with van der Waals surface area (Å²) in [5.41, 5.74) is 0. The largest absolute Gasteiger partial charge is 0.480 e. The Kier molecular flexibility index (Phi) is 4.60. The molecule has 20 heavy (non-hydrogen) atoms. The van der Waals surface area contributed by atoms with E-state index in [9.17, 15) is 18.4 Å². The number of hydrogen-bond donors (Lipinski definition) is 1. The summed E-state index contributed by atoms with van der Waals surface area (Å²) >= 11 is 0. The Morgan fingerprint density at radius 1 is 1.15 bits per heavy atom. The summed E-state index contributed by atoms with van der Waals surface area (Å²) in [6.45, 7) is 0.471. The number of halogens is 2. The van der Waals surface area contributed by atoms with E-state index in [0.29, 0.717) is 25.8 Å². The number of rotatable bonds is 3. The normalized spacial score (nSPS) is 27.3. The van der Waals surface area contributed by atoms with Gasteiger partial charge in [0.25, 0.3) is 0 Å². The Morgan fingerprint density at radius 3 is 2.40 bits per heavy atom. The number of alkyl halides is 2. The summed E-state index contributed by atoms with van der Waals surface area (Å²) in [7, 11) is 0. The molecule has 1 saturated heterocycles. The van der Waals surface area contributed by atoms with Crippen molar-refractivity contribution in [3.05, 3.63) is 0 Å². The van der Waals surface area contributed by atoms with Gasteiger partial charge in [0.1, 0.15) is 6.04 Å². The molecule has 2 aliphatic rings. The van der Waals surface area contributed by atoms with Crippen LogP contribution in [0.2, 0.25) is 0 Å². The summed E-state index contributed by atoms with van der Waals surface area (Å²) in [5, 5.41) is 9.14.